The van der Waals surface area contributed by atoms with Gasteiger partial charge in [0.05, 0.1) is 36.3 Å². The largest absolute Gasteiger partial charge is 0.456 e. The number of carbonyl (C=O) groups is 4. The summed E-state index contributed by atoms with van der Waals surface area (Å²) < 4.78 is 64.1. The predicted molar refractivity (Wildman–Crippen MR) is 213 cm³/mol. The standard InChI is InChI=1S/C44H61FN2O14/c1-23-28(56-38(51)32(49)27(18-45)46-39(52)61-40(3,4)5)17-44(53)36(59-37(50)25-13-11-10-12-14-25)34-42(8,16-15-29-43(34,22-55-29)60-24(2)48)35-33(31(23)41(44,6)7)57-30(58-35)21-47-19-26(20-47)54-9/h10-14,26-30,32-36,49,53H,15-22H2,1-9H3,(H,46,52)/t27-,28-,29+,30+,32+,33+,34-,35+,36-,42+,43-,44+/m0/s1. The van der Waals surface area contributed by atoms with Crippen LogP contribution >= 0.6 is 0 Å². The number of fused-ring (bicyclic) bond motifs is 8. The van der Waals surface area contributed by atoms with Crippen LogP contribution in [0.5, 0.6) is 0 Å². The zero-order chi connectivity index (χ0) is 44.4. The molecule has 16 nitrogen and oxygen atoms in total. The number of aliphatic hydroxyl groups excluding tert-OH is 1. The fraction of sp³-hybridized carbons (Fsp3) is 0.727. The molecule has 3 aliphatic heterocycles. The molecule has 1 aromatic rings. The minimum absolute atomic E-state index is 0.0527. The number of rotatable bonds is 11. The molecule has 1 amide bonds. The minimum atomic E-state index is -2.19. The molecule has 6 aliphatic rings. The highest BCUT2D eigenvalue weighted by atomic mass is 19.1. The zero-order valence-corrected chi connectivity index (χ0v) is 36.4. The molecular formula is C44H61FN2O14. The Bertz CT molecular complexity index is 1880. The van der Waals surface area contributed by atoms with Gasteiger partial charge in [-0.2, -0.15) is 0 Å². The lowest BCUT2D eigenvalue weighted by Gasteiger charge is -2.68. The fourth-order valence-corrected chi connectivity index (χ4v) is 10.8. The van der Waals surface area contributed by atoms with Crippen LogP contribution in [0.3, 0.4) is 0 Å². The van der Waals surface area contributed by atoms with Crippen molar-refractivity contribution in [1.29, 1.82) is 0 Å². The van der Waals surface area contributed by atoms with Gasteiger partial charge in [-0.25, -0.2) is 18.8 Å². The summed E-state index contributed by atoms with van der Waals surface area (Å²) in [6, 6.07) is 6.56. The van der Waals surface area contributed by atoms with E-state index in [9.17, 15) is 33.8 Å². The highest BCUT2D eigenvalue weighted by molar-refractivity contribution is 5.89. The molecule has 3 N–H and O–H groups in total. The van der Waals surface area contributed by atoms with E-state index >= 15 is 0 Å². The number of benzene rings is 1. The summed E-state index contributed by atoms with van der Waals surface area (Å²) in [6.45, 7) is 13.8. The second-order valence-corrected chi connectivity index (χ2v) is 19.3. The number of hydrogen-bond donors (Lipinski definition) is 3. The van der Waals surface area contributed by atoms with Gasteiger partial charge in [0.15, 0.2) is 18.0 Å². The molecule has 3 heterocycles. The molecule has 0 unspecified atom stereocenters. The SMILES string of the molecule is COC1CN(C[C@@H]2O[C@@H]3C4=C(C)[C@@H](OC(=O)[C@H](O)[C@H](CF)NC(=O)OC(C)(C)C)C[C@@](O)([C@@H](OC(=O)c5ccccc5)[C@H]5[C@@](C)(CC[C@H]6OC[C@]65OC(C)=O)[C@@H]3O2)C4(C)C)C1. The van der Waals surface area contributed by atoms with Gasteiger partial charge in [0.1, 0.15) is 42.3 Å². The van der Waals surface area contributed by atoms with Gasteiger partial charge < -0.3 is 53.4 Å². The quantitative estimate of drug-likeness (QED) is 0.166. The lowest BCUT2D eigenvalue weighted by Crippen LogP contribution is -2.79. The van der Waals surface area contributed by atoms with E-state index in [0.717, 1.165) is 0 Å². The monoisotopic (exact) mass is 860 g/mol. The number of likely N-dealkylation sites (tertiary alicyclic amines) is 1. The second kappa shape index (κ2) is 16.4. The van der Waals surface area contributed by atoms with Gasteiger partial charge in [0.2, 0.25) is 0 Å². The van der Waals surface area contributed by atoms with Crippen molar-refractivity contribution >= 4 is 24.0 Å². The number of esters is 3. The van der Waals surface area contributed by atoms with E-state index in [1.807, 2.05) is 6.92 Å². The molecule has 0 radical (unpaired) electrons. The van der Waals surface area contributed by atoms with Crippen LogP contribution in [0.25, 0.3) is 0 Å². The molecule has 12 atom stereocenters. The Hall–Kier alpha value is -3.71. The Morgan fingerprint density at radius 3 is 2.34 bits per heavy atom. The highest BCUT2D eigenvalue weighted by Crippen LogP contribution is 2.66. The maximum Gasteiger partial charge on any atom is 0.408 e. The summed E-state index contributed by atoms with van der Waals surface area (Å²) in [5.74, 6) is -3.60. The highest BCUT2D eigenvalue weighted by Gasteiger charge is 2.77. The van der Waals surface area contributed by atoms with Crippen LogP contribution in [0.2, 0.25) is 0 Å². The lowest BCUT2D eigenvalue weighted by molar-refractivity contribution is -0.345. The van der Waals surface area contributed by atoms with E-state index in [4.69, 9.17) is 37.9 Å². The van der Waals surface area contributed by atoms with Crippen LogP contribution in [0.15, 0.2) is 41.5 Å². The number of carbonyl (C=O) groups excluding carboxylic acids is 4. The van der Waals surface area contributed by atoms with E-state index in [1.54, 1.807) is 79.0 Å². The van der Waals surface area contributed by atoms with Crippen molar-refractivity contribution in [2.24, 2.45) is 16.7 Å². The van der Waals surface area contributed by atoms with Crippen molar-refractivity contribution in [3.63, 3.8) is 0 Å². The van der Waals surface area contributed by atoms with Gasteiger partial charge in [0, 0.05) is 50.9 Å². The van der Waals surface area contributed by atoms with Crippen molar-refractivity contribution in [2.45, 2.75) is 147 Å². The Morgan fingerprint density at radius 2 is 1.75 bits per heavy atom. The molecule has 5 fully saturated rings. The summed E-state index contributed by atoms with van der Waals surface area (Å²) in [5.41, 5.74) is -5.55. The number of nitrogens with one attached hydrogen (secondary N) is 1. The van der Waals surface area contributed by atoms with Crippen LogP contribution in [0, 0.1) is 16.7 Å². The van der Waals surface area contributed by atoms with Gasteiger partial charge in [-0.1, -0.05) is 39.0 Å². The third-order valence-corrected chi connectivity index (χ3v) is 14.0. The van der Waals surface area contributed by atoms with Gasteiger partial charge >= 0.3 is 24.0 Å². The number of amides is 1. The van der Waals surface area contributed by atoms with Crippen LogP contribution in [0.1, 0.15) is 85.0 Å². The maximum atomic E-state index is 14.4. The molecule has 2 saturated carbocycles. The van der Waals surface area contributed by atoms with E-state index < -0.39 is 113 Å². The second-order valence-electron chi connectivity index (χ2n) is 19.3. The van der Waals surface area contributed by atoms with Crippen LogP contribution in [0.4, 0.5) is 9.18 Å². The minimum Gasteiger partial charge on any atom is -0.456 e. The number of alkyl halides is 1. The molecule has 2 bridgehead atoms. The molecule has 1 aromatic carbocycles. The molecule has 61 heavy (non-hydrogen) atoms. The summed E-state index contributed by atoms with van der Waals surface area (Å²) in [5, 5.41) is 27.2. The Labute approximate surface area is 355 Å². The first kappa shape index (κ1) is 45.3. The van der Waals surface area contributed by atoms with E-state index in [0.29, 0.717) is 43.6 Å². The van der Waals surface area contributed by atoms with E-state index in [1.165, 1.54) is 6.92 Å². The molecule has 0 aromatic heterocycles. The third-order valence-electron chi connectivity index (χ3n) is 14.0. The molecule has 17 heteroatoms. The predicted octanol–water partition coefficient (Wildman–Crippen LogP) is 3.40. The van der Waals surface area contributed by atoms with E-state index in [-0.39, 0.29) is 24.7 Å². The number of halogens is 1. The smallest absolute Gasteiger partial charge is 0.408 e. The van der Waals surface area contributed by atoms with Gasteiger partial charge in [0.25, 0.3) is 0 Å². The summed E-state index contributed by atoms with van der Waals surface area (Å²) in [6.07, 6.45) is -8.43. The first-order chi connectivity index (χ1) is 28.6. The number of alkyl carbamates (subject to hydrolysis) is 1. The fourth-order valence-electron chi connectivity index (χ4n) is 10.8. The molecule has 338 valence electrons. The average molecular weight is 861 g/mol. The Kier molecular flexibility index (Phi) is 12.2. The van der Waals surface area contributed by atoms with Gasteiger partial charge in [-0.15, -0.1) is 0 Å². The number of hydrogen-bond acceptors (Lipinski definition) is 15. The molecule has 7 rings (SSSR count). The molecule has 0 spiro atoms. The van der Waals surface area contributed by atoms with Crippen molar-refractivity contribution in [3.8, 4) is 0 Å². The molecule has 3 aliphatic carbocycles. The van der Waals surface area contributed by atoms with Crippen molar-refractivity contribution < 1.29 is 71.7 Å². The van der Waals surface area contributed by atoms with Gasteiger partial charge in [-0.3, -0.25) is 9.69 Å². The number of ether oxygens (including phenoxy) is 8. The first-order valence-corrected chi connectivity index (χ1v) is 21.1. The number of aliphatic hydroxyl groups is 2. The number of nitrogens with zero attached hydrogens (tertiary/aromatic N) is 1. The van der Waals surface area contributed by atoms with Crippen LogP contribution in [-0.2, 0) is 47.5 Å². The average Bonchev–Trinajstić information content (AvgIpc) is 3.58. The van der Waals surface area contributed by atoms with Crippen molar-refractivity contribution in [2.75, 3.05) is 40.0 Å². The van der Waals surface area contributed by atoms with Gasteiger partial charge in [-0.05, 0) is 63.8 Å². The normalized spacial score (nSPS) is 36.6. The molecule has 3 saturated heterocycles. The number of methoxy groups -OCH3 is 1. The Morgan fingerprint density at radius 1 is 1.07 bits per heavy atom. The van der Waals surface area contributed by atoms with Crippen LogP contribution < -0.4 is 5.32 Å². The third kappa shape index (κ3) is 7.97. The zero-order valence-electron chi connectivity index (χ0n) is 36.4. The topological polar surface area (TPSA) is 198 Å². The molecular weight excluding hydrogens is 799 g/mol. The maximum absolute atomic E-state index is 14.4. The summed E-state index contributed by atoms with van der Waals surface area (Å²) in [7, 11) is 1.66. The van der Waals surface area contributed by atoms with Crippen molar-refractivity contribution in [1.82, 2.24) is 10.2 Å². The van der Waals surface area contributed by atoms with E-state index in [2.05, 4.69) is 10.2 Å². The summed E-state index contributed by atoms with van der Waals surface area (Å²) in [4.78, 5) is 56.1. The summed E-state index contributed by atoms with van der Waals surface area (Å²) >= 11 is 0. The van der Waals surface area contributed by atoms with Crippen LogP contribution in [-0.4, -0.2) is 151 Å². The first-order valence-electron chi connectivity index (χ1n) is 21.1. The lowest BCUT2D eigenvalue weighted by atomic mass is 9.45. The Balaban J connectivity index is 1.35. The van der Waals surface area contributed by atoms with Crippen molar-refractivity contribution in [3.05, 3.63) is 47.0 Å².